The highest BCUT2D eigenvalue weighted by Gasteiger charge is 2.16. The Morgan fingerprint density at radius 2 is 1.85 bits per heavy atom. The highest BCUT2D eigenvalue weighted by atomic mass is 32.2. The maximum absolute atomic E-state index is 11.5. The van der Waals surface area contributed by atoms with Crippen molar-refractivity contribution in [2.75, 3.05) is 0 Å². The number of benzene rings is 1. The molecule has 0 bridgehead atoms. The number of aromatic nitrogens is 2. The lowest BCUT2D eigenvalue weighted by Crippen LogP contribution is -2.15. The molecular formula is C12H15N3O4S. The summed E-state index contributed by atoms with van der Waals surface area (Å²) >= 11 is 0. The van der Waals surface area contributed by atoms with Crippen molar-refractivity contribution in [3.63, 3.8) is 0 Å². The van der Waals surface area contributed by atoms with E-state index in [9.17, 15) is 8.42 Å². The van der Waals surface area contributed by atoms with Gasteiger partial charge in [-0.2, -0.15) is 4.98 Å². The normalized spacial score (nSPS) is 11.6. The quantitative estimate of drug-likeness (QED) is 0.909. The lowest BCUT2D eigenvalue weighted by Gasteiger charge is -2.11. The molecule has 0 aliphatic rings. The van der Waals surface area contributed by atoms with Crippen molar-refractivity contribution in [1.82, 2.24) is 10.1 Å². The van der Waals surface area contributed by atoms with E-state index in [4.69, 9.17) is 14.4 Å². The van der Waals surface area contributed by atoms with Gasteiger partial charge in [0.15, 0.2) is 12.4 Å². The van der Waals surface area contributed by atoms with Gasteiger partial charge in [0.1, 0.15) is 5.75 Å². The van der Waals surface area contributed by atoms with Crippen LogP contribution < -0.4 is 9.88 Å². The van der Waals surface area contributed by atoms with Gasteiger partial charge in [0.25, 0.3) is 5.89 Å². The number of primary sulfonamides is 1. The number of aryl methyl sites for hydroxylation is 3. The zero-order valence-electron chi connectivity index (χ0n) is 11.4. The van der Waals surface area contributed by atoms with Crippen LogP contribution in [0.25, 0.3) is 0 Å². The van der Waals surface area contributed by atoms with E-state index in [1.54, 1.807) is 32.9 Å². The number of hydrogen-bond acceptors (Lipinski definition) is 6. The maximum Gasteiger partial charge on any atom is 0.264 e. The minimum absolute atomic E-state index is 0.119. The van der Waals surface area contributed by atoms with Gasteiger partial charge in [-0.15, -0.1) is 0 Å². The molecule has 0 saturated heterocycles. The van der Waals surface area contributed by atoms with E-state index in [2.05, 4.69) is 10.1 Å². The Bertz CT molecular complexity index is 714. The van der Waals surface area contributed by atoms with E-state index in [0.717, 1.165) is 0 Å². The third-order valence-electron chi connectivity index (χ3n) is 2.65. The second kappa shape index (κ2) is 5.22. The highest BCUT2D eigenvalue weighted by molar-refractivity contribution is 7.89. The molecule has 1 heterocycles. The van der Waals surface area contributed by atoms with E-state index in [1.165, 1.54) is 0 Å². The van der Waals surface area contributed by atoms with Crippen molar-refractivity contribution in [3.05, 3.63) is 35.0 Å². The van der Waals surface area contributed by atoms with Crippen LogP contribution in [0, 0.1) is 20.8 Å². The molecule has 0 saturated carbocycles. The van der Waals surface area contributed by atoms with Crippen LogP contribution in [0.5, 0.6) is 5.75 Å². The molecule has 108 valence electrons. The number of nitrogens with zero attached hydrogens (tertiary/aromatic N) is 2. The molecular weight excluding hydrogens is 282 g/mol. The molecule has 0 spiro atoms. The van der Waals surface area contributed by atoms with Gasteiger partial charge >= 0.3 is 0 Å². The van der Waals surface area contributed by atoms with E-state index in [-0.39, 0.29) is 11.5 Å². The van der Waals surface area contributed by atoms with Gasteiger partial charge in [0.2, 0.25) is 10.0 Å². The number of nitrogens with two attached hydrogens (primary N) is 1. The fraction of sp³-hybridized carbons (Fsp3) is 0.333. The average molecular weight is 297 g/mol. The molecule has 0 fully saturated rings. The van der Waals surface area contributed by atoms with Crippen molar-refractivity contribution in [2.24, 2.45) is 5.14 Å². The summed E-state index contributed by atoms with van der Waals surface area (Å²) in [5.74, 6) is 1.40. The van der Waals surface area contributed by atoms with E-state index in [1.807, 2.05) is 0 Å². The average Bonchev–Trinajstić information content (AvgIpc) is 2.69. The summed E-state index contributed by atoms with van der Waals surface area (Å²) in [6.07, 6.45) is 0. The molecule has 0 atom stereocenters. The predicted octanol–water partition coefficient (Wildman–Crippen LogP) is 1.22. The minimum Gasteiger partial charge on any atom is -0.484 e. The Hall–Kier alpha value is -1.93. The van der Waals surface area contributed by atoms with Gasteiger partial charge in [0.05, 0.1) is 4.90 Å². The Labute approximate surface area is 116 Å². The first-order valence-corrected chi connectivity index (χ1v) is 7.38. The molecule has 1 aromatic heterocycles. The van der Waals surface area contributed by atoms with Crippen LogP contribution in [0.15, 0.2) is 21.6 Å². The lowest BCUT2D eigenvalue weighted by molar-refractivity contribution is 0.242. The Morgan fingerprint density at radius 1 is 1.25 bits per heavy atom. The van der Waals surface area contributed by atoms with Crippen molar-refractivity contribution in [2.45, 2.75) is 32.3 Å². The molecule has 8 heteroatoms. The summed E-state index contributed by atoms with van der Waals surface area (Å²) in [6.45, 7) is 5.16. The zero-order chi connectivity index (χ0) is 14.9. The second-order valence-corrected chi connectivity index (χ2v) is 5.95. The lowest BCUT2D eigenvalue weighted by atomic mass is 10.1. The Kier molecular flexibility index (Phi) is 3.78. The molecule has 0 unspecified atom stereocenters. The number of rotatable bonds is 4. The van der Waals surface area contributed by atoms with Gasteiger partial charge in [-0.05, 0) is 44.0 Å². The van der Waals surface area contributed by atoms with Crippen molar-refractivity contribution >= 4 is 10.0 Å². The minimum atomic E-state index is -3.74. The van der Waals surface area contributed by atoms with E-state index < -0.39 is 10.0 Å². The van der Waals surface area contributed by atoms with Crippen LogP contribution in [0.1, 0.15) is 22.8 Å². The van der Waals surface area contributed by atoms with Crippen molar-refractivity contribution in [1.29, 1.82) is 0 Å². The molecule has 20 heavy (non-hydrogen) atoms. The molecule has 2 N–H and O–H groups in total. The number of ether oxygens (including phenoxy) is 1. The predicted molar refractivity (Wildman–Crippen MR) is 70.7 cm³/mol. The molecule has 0 aliphatic heterocycles. The van der Waals surface area contributed by atoms with Crippen LogP contribution in [-0.4, -0.2) is 18.6 Å². The molecule has 0 aliphatic carbocycles. The van der Waals surface area contributed by atoms with Crippen LogP contribution in [0.2, 0.25) is 0 Å². The van der Waals surface area contributed by atoms with Gasteiger partial charge in [-0.25, -0.2) is 13.6 Å². The fourth-order valence-electron chi connectivity index (χ4n) is 1.99. The van der Waals surface area contributed by atoms with Crippen molar-refractivity contribution in [3.8, 4) is 5.75 Å². The number of hydrogen-bond donors (Lipinski definition) is 1. The second-order valence-electron chi connectivity index (χ2n) is 4.46. The first kappa shape index (κ1) is 14.5. The third-order valence-corrected chi connectivity index (χ3v) is 3.86. The fourth-order valence-corrected chi connectivity index (χ4v) is 3.00. The first-order valence-electron chi connectivity index (χ1n) is 5.83. The molecule has 0 amide bonds. The summed E-state index contributed by atoms with van der Waals surface area (Å²) in [7, 11) is -3.74. The van der Waals surface area contributed by atoms with Gasteiger partial charge < -0.3 is 9.26 Å². The van der Waals surface area contributed by atoms with Crippen LogP contribution in [-0.2, 0) is 16.6 Å². The molecule has 2 rings (SSSR count). The van der Waals surface area contributed by atoms with Crippen LogP contribution in [0.3, 0.4) is 0 Å². The monoisotopic (exact) mass is 297 g/mol. The van der Waals surface area contributed by atoms with Crippen molar-refractivity contribution < 1.29 is 17.7 Å². The topological polar surface area (TPSA) is 108 Å². The highest BCUT2D eigenvalue weighted by Crippen LogP contribution is 2.25. The first-order chi connectivity index (χ1) is 9.27. The molecule has 0 radical (unpaired) electrons. The maximum atomic E-state index is 11.5. The summed E-state index contributed by atoms with van der Waals surface area (Å²) < 4.78 is 33.4. The molecule has 7 nitrogen and oxygen atoms in total. The Balaban J connectivity index is 2.23. The number of sulfonamides is 1. The van der Waals surface area contributed by atoms with Gasteiger partial charge in [0, 0.05) is 0 Å². The Morgan fingerprint density at radius 3 is 2.30 bits per heavy atom. The SMILES string of the molecule is Cc1noc(COc2cc(C)c(S(N)(=O)=O)c(C)c2)n1. The molecule has 1 aromatic carbocycles. The van der Waals surface area contributed by atoms with Gasteiger partial charge in [-0.1, -0.05) is 5.16 Å². The van der Waals surface area contributed by atoms with E-state index in [0.29, 0.717) is 28.6 Å². The largest absolute Gasteiger partial charge is 0.484 e. The molecule has 2 aromatic rings. The zero-order valence-corrected chi connectivity index (χ0v) is 12.2. The van der Waals surface area contributed by atoms with E-state index >= 15 is 0 Å². The summed E-state index contributed by atoms with van der Waals surface area (Å²) in [5, 5.41) is 8.82. The van der Waals surface area contributed by atoms with Crippen LogP contribution in [0.4, 0.5) is 0 Å². The summed E-state index contributed by atoms with van der Waals surface area (Å²) in [6, 6.07) is 3.21. The van der Waals surface area contributed by atoms with Gasteiger partial charge in [-0.3, -0.25) is 0 Å². The van der Waals surface area contributed by atoms with Crippen LogP contribution >= 0.6 is 0 Å². The summed E-state index contributed by atoms with van der Waals surface area (Å²) in [5.41, 5.74) is 1.06. The standard InChI is InChI=1S/C12H15N3O4S/c1-7-4-10(5-8(2)12(7)20(13,16)17)18-6-11-14-9(3)15-19-11/h4-5H,6H2,1-3H3,(H2,13,16,17). The third kappa shape index (κ3) is 3.14. The smallest absolute Gasteiger partial charge is 0.264 e. The summed E-state index contributed by atoms with van der Waals surface area (Å²) in [4.78, 5) is 4.13.